The van der Waals surface area contributed by atoms with Crippen molar-refractivity contribution in [1.82, 2.24) is 25.0 Å². The second-order valence-corrected chi connectivity index (χ2v) is 8.91. The molecule has 1 N–H and O–H groups in total. The number of hydrogen-bond donors (Lipinski definition) is 1. The Morgan fingerprint density at radius 1 is 1.15 bits per heavy atom. The zero-order valence-electron chi connectivity index (χ0n) is 18.5. The van der Waals surface area contributed by atoms with E-state index in [4.69, 9.17) is 20.8 Å². The lowest BCUT2D eigenvalue weighted by Crippen LogP contribution is -2.35. The monoisotopic (exact) mass is 469 g/mol. The fraction of sp³-hybridized carbons (Fsp3) is 0.458. The van der Waals surface area contributed by atoms with Crippen molar-refractivity contribution in [2.45, 2.75) is 44.9 Å². The lowest BCUT2D eigenvalue weighted by atomic mass is 10.2. The summed E-state index contributed by atoms with van der Waals surface area (Å²) in [6, 6.07) is 11.7. The number of amides is 1. The number of nitrogens with zero attached hydrogens (tertiary/aromatic N) is 4. The van der Waals surface area contributed by atoms with Crippen LogP contribution < -0.4 is 5.32 Å². The van der Waals surface area contributed by atoms with Gasteiger partial charge < -0.3 is 19.0 Å². The second kappa shape index (κ2) is 10.1. The summed E-state index contributed by atoms with van der Waals surface area (Å²) in [6.07, 6.45) is 2.94. The number of rotatable bonds is 7. The predicted octanol–water partition coefficient (Wildman–Crippen LogP) is 3.09. The van der Waals surface area contributed by atoms with Crippen LogP contribution in [0.15, 0.2) is 40.8 Å². The molecule has 8 nitrogen and oxygen atoms in total. The van der Waals surface area contributed by atoms with Gasteiger partial charge in [-0.05, 0) is 37.1 Å². The third-order valence-corrected chi connectivity index (χ3v) is 6.58. The minimum atomic E-state index is -0.297. The molecule has 0 radical (unpaired) electrons. The average molecular weight is 470 g/mol. The van der Waals surface area contributed by atoms with Crippen molar-refractivity contribution in [2.24, 2.45) is 0 Å². The molecule has 5 rings (SSSR count). The van der Waals surface area contributed by atoms with Crippen molar-refractivity contribution < 1.29 is 13.9 Å². The number of ether oxygens (including phenoxy) is 1. The smallest absolute Gasteiger partial charge is 0.249 e. The SMILES string of the molecule is O=C(NCCc1nnc2n1CCN(Cc1ccc(-c3ccccc3Cl)o1)CC2)[C@@H]1CCCO1. The molecule has 0 unspecified atom stereocenters. The number of halogens is 1. The summed E-state index contributed by atoms with van der Waals surface area (Å²) in [7, 11) is 0. The summed E-state index contributed by atoms with van der Waals surface area (Å²) in [5, 5.41) is 12.4. The van der Waals surface area contributed by atoms with Gasteiger partial charge in [0.2, 0.25) is 5.91 Å². The highest BCUT2D eigenvalue weighted by Gasteiger charge is 2.24. The number of nitrogens with one attached hydrogen (secondary N) is 1. The van der Waals surface area contributed by atoms with Crippen LogP contribution in [0.1, 0.15) is 30.3 Å². The van der Waals surface area contributed by atoms with Gasteiger partial charge in [0.05, 0.1) is 11.6 Å². The molecular weight excluding hydrogens is 442 g/mol. The van der Waals surface area contributed by atoms with Gasteiger partial charge in [0.1, 0.15) is 29.3 Å². The van der Waals surface area contributed by atoms with E-state index in [0.29, 0.717) is 24.6 Å². The van der Waals surface area contributed by atoms with Gasteiger partial charge in [-0.2, -0.15) is 0 Å². The summed E-state index contributed by atoms with van der Waals surface area (Å²) in [5.41, 5.74) is 0.906. The second-order valence-electron chi connectivity index (χ2n) is 8.50. The molecule has 174 valence electrons. The van der Waals surface area contributed by atoms with E-state index in [1.807, 2.05) is 36.4 Å². The highest BCUT2D eigenvalue weighted by atomic mass is 35.5. The van der Waals surface area contributed by atoms with Gasteiger partial charge in [0.25, 0.3) is 0 Å². The predicted molar refractivity (Wildman–Crippen MR) is 124 cm³/mol. The van der Waals surface area contributed by atoms with Crippen LogP contribution in [-0.2, 0) is 35.5 Å². The molecule has 2 aromatic heterocycles. The molecule has 2 aliphatic heterocycles. The summed E-state index contributed by atoms with van der Waals surface area (Å²) in [5.74, 6) is 3.59. The minimum Gasteiger partial charge on any atom is -0.460 e. The minimum absolute atomic E-state index is 0.0242. The van der Waals surface area contributed by atoms with Crippen LogP contribution in [0.4, 0.5) is 0 Å². The molecular formula is C24H28ClN5O3. The number of fused-ring (bicyclic) bond motifs is 1. The number of carbonyl (C=O) groups is 1. The maximum absolute atomic E-state index is 12.1. The number of carbonyl (C=O) groups excluding carboxylic acids is 1. The molecule has 1 aromatic carbocycles. The van der Waals surface area contributed by atoms with Crippen LogP contribution >= 0.6 is 11.6 Å². The van der Waals surface area contributed by atoms with E-state index >= 15 is 0 Å². The molecule has 33 heavy (non-hydrogen) atoms. The number of furan rings is 1. The van der Waals surface area contributed by atoms with Gasteiger partial charge in [0, 0.05) is 51.2 Å². The first-order valence-corrected chi connectivity index (χ1v) is 11.9. The molecule has 1 amide bonds. The molecule has 1 atom stereocenters. The summed E-state index contributed by atoms with van der Waals surface area (Å²) in [4.78, 5) is 14.5. The third-order valence-electron chi connectivity index (χ3n) is 6.25. The van der Waals surface area contributed by atoms with Gasteiger partial charge in [-0.1, -0.05) is 23.7 Å². The maximum atomic E-state index is 12.1. The molecule has 0 aliphatic carbocycles. The Morgan fingerprint density at radius 3 is 2.91 bits per heavy atom. The van der Waals surface area contributed by atoms with Gasteiger partial charge in [-0.3, -0.25) is 9.69 Å². The van der Waals surface area contributed by atoms with Crippen molar-refractivity contribution in [3.8, 4) is 11.3 Å². The zero-order chi connectivity index (χ0) is 22.6. The highest BCUT2D eigenvalue weighted by Crippen LogP contribution is 2.29. The highest BCUT2D eigenvalue weighted by molar-refractivity contribution is 6.33. The molecule has 0 bridgehead atoms. The normalized spacial score (nSPS) is 18.8. The maximum Gasteiger partial charge on any atom is 0.249 e. The molecule has 4 heterocycles. The Labute approximate surface area is 197 Å². The third kappa shape index (κ3) is 5.13. The summed E-state index contributed by atoms with van der Waals surface area (Å²) in [6.45, 7) is 4.52. The molecule has 3 aromatic rings. The van der Waals surface area contributed by atoms with Crippen LogP contribution in [0.3, 0.4) is 0 Å². The van der Waals surface area contributed by atoms with E-state index in [2.05, 4.69) is 25.0 Å². The van der Waals surface area contributed by atoms with Crippen molar-refractivity contribution in [1.29, 1.82) is 0 Å². The Morgan fingerprint density at radius 2 is 2.06 bits per heavy atom. The van der Waals surface area contributed by atoms with E-state index in [0.717, 1.165) is 74.2 Å². The Balaban J connectivity index is 1.15. The topological polar surface area (TPSA) is 85.4 Å². The Hall–Kier alpha value is -2.68. The van der Waals surface area contributed by atoms with E-state index in [1.165, 1.54) is 0 Å². The Kier molecular flexibility index (Phi) is 6.75. The fourth-order valence-corrected chi connectivity index (χ4v) is 4.68. The van der Waals surface area contributed by atoms with Crippen LogP contribution in [0.2, 0.25) is 5.02 Å². The van der Waals surface area contributed by atoms with E-state index in [1.54, 1.807) is 0 Å². The number of hydrogen-bond acceptors (Lipinski definition) is 6. The van der Waals surface area contributed by atoms with Crippen molar-refractivity contribution >= 4 is 17.5 Å². The largest absolute Gasteiger partial charge is 0.460 e. The molecule has 0 saturated carbocycles. The quantitative estimate of drug-likeness (QED) is 0.572. The van der Waals surface area contributed by atoms with Crippen molar-refractivity contribution in [3.63, 3.8) is 0 Å². The van der Waals surface area contributed by atoms with Gasteiger partial charge in [0.15, 0.2) is 0 Å². The first kappa shape index (κ1) is 22.1. The van der Waals surface area contributed by atoms with Crippen LogP contribution in [-0.4, -0.2) is 57.9 Å². The van der Waals surface area contributed by atoms with E-state index in [9.17, 15) is 4.79 Å². The van der Waals surface area contributed by atoms with E-state index in [-0.39, 0.29) is 12.0 Å². The standard InChI is InChI=1S/C24H28ClN5O3/c25-19-5-2-1-4-18(19)20-8-7-17(33-20)16-29-12-10-23-28-27-22(30(23)14-13-29)9-11-26-24(31)21-6-3-15-32-21/h1-2,4-5,7-8,21H,3,6,9-16H2,(H,26,31)/t21-/m0/s1. The molecule has 9 heteroatoms. The van der Waals surface area contributed by atoms with Gasteiger partial charge in [-0.15, -0.1) is 10.2 Å². The van der Waals surface area contributed by atoms with Gasteiger partial charge >= 0.3 is 0 Å². The molecule has 0 spiro atoms. The summed E-state index contributed by atoms with van der Waals surface area (Å²) < 4.78 is 13.7. The van der Waals surface area contributed by atoms with Crippen LogP contribution in [0.25, 0.3) is 11.3 Å². The van der Waals surface area contributed by atoms with Crippen molar-refractivity contribution in [2.75, 3.05) is 26.2 Å². The molecule has 2 aliphatic rings. The fourth-order valence-electron chi connectivity index (χ4n) is 4.45. The average Bonchev–Trinajstić information content (AvgIpc) is 3.56. The number of aromatic nitrogens is 3. The van der Waals surface area contributed by atoms with Crippen molar-refractivity contribution in [3.05, 3.63) is 58.8 Å². The molecule has 1 fully saturated rings. The first-order valence-electron chi connectivity index (χ1n) is 11.5. The lowest BCUT2D eigenvalue weighted by Gasteiger charge is -2.18. The van der Waals surface area contributed by atoms with Gasteiger partial charge in [-0.25, -0.2) is 0 Å². The summed E-state index contributed by atoms with van der Waals surface area (Å²) >= 11 is 6.31. The van der Waals surface area contributed by atoms with Crippen LogP contribution in [0, 0.1) is 0 Å². The zero-order valence-corrected chi connectivity index (χ0v) is 19.3. The lowest BCUT2D eigenvalue weighted by molar-refractivity contribution is -0.130. The van der Waals surface area contributed by atoms with Crippen LogP contribution in [0.5, 0.6) is 0 Å². The first-order chi connectivity index (χ1) is 16.2. The molecule has 1 saturated heterocycles. The Bertz CT molecular complexity index is 1110. The number of benzene rings is 1. The van der Waals surface area contributed by atoms with E-state index < -0.39 is 0 Å².